The number of Topliss-reactive ketones (excluding diaryl/α,β-unsaturated/α-hetero) is 2. The van der Waals surface area contributed by atoms with E-state index in [1.807, 2.05) is 0 Å². The van der Waals surface area contributed by atoms with E-state index in [0.29, 0.717) is 60.1 Å². The third-order valence-electron chi connectivity index (χ3n) is 9.86. The van der Waals surface area contributed by atoms with Crippen LogP contribution in [0.3, 0.4) is 0 Å². The Hall–Kier alpha value is -0.700. The lowest BCUT2D eigenvalue weighted by Crippen LogP contribution is -2.56. The van der Waals surface area contributed by atoms with E-state index in [-0.39, 0.29) is 11.3 Å². The van der Waals surface area contributed by atoms with Crippen molar-refractivity contribution in [3.8, 4) is 0 Å². The van der Waals surface area contributed by atoms with Crippen LogP contribution in [0.2, 0.25) is 0 Å². The van der Waals surface area contributed by atoms with Crippen LogP contribution in [0.15, 0.2) is 0 Å². The summed E-state index contributed by atoms with van der Waals surface area (Å²) in [6.07, 6.45) is 10.0. The van der Waals surface area contributed by atoms with Gasteiger partial charge in [-0.2, -0.15) is 0 Å². The molecule has 4 aliphatic rings. The number of ketones is 2. The number of carbonyl (C=O) groups excluding carboxylic acids is 2. The fraction of sp³-hybridized carbons (Fsp3) is 0.917. The molecule has 4 fully saturated rings. The molecule has 0 heterocycles. The molecule has 0 amide bonds. The molecule has 0 aromatic rings. The van der Waals surface area contributed by atoms with Gasteiger partial charge in [0.15, 0.2) is 0 Å². The first kappa shape index (κ1) is 19.6. The maximum atomic E-state index is 13.1. The fourth-order valence-electron chi connectivity index (χ4n) is 8.43. The minimum Gasteiger partial charge on any atom is -0.396 e. The summed E-state index contributed by atoms with van der Waals surface area (Å²) in [5.74, 6) is 3.97. The van der Waals surface area contributed by atoms with Crippen LogP contribution < -0.4 is 0 Å². The van der Waals surface area contributed by atoms with Gasteiger partial charge in [-0.3, -0.25) is 9.59 Å². The Morgan fingerprint density at radius 3 is 2.52 bits per heavy atom. The zero-order valence-electron chi connectivity index (χ0n) is 17.5. The van der Waals surface area contributed by atoms with Gasteiger partial charge in [-0.05, 0) is 85.4 Å². The molecule has 0 saturated heterocycles. The predicted molar refractivity (Wildman–Crippen MR) is 106 cm³/mol. The van der Waals surface area contributed by atoms with Gasteiger partial charge in [0.05, 0.1) is 0 Å². The molecule has 0 aromatic carbocycles. The molecule has 0 aliphatic heterocycles. The van der Waals surface area contributed by atoms with Crippen LogP contribution in [0, 0.1) is 46.3 Å². The summed E-state index contributed by atoms with van der Waals surface area (Å²) < 4.78 is 0. The Labute approximate surface area is 164 Å². The van der Waals surface area contributed by atoms with E-state index >= 15 is 0 Å². The Balaban J connectivity index is 1.58. The van der Waals surface area contributed by atoms with Gasteiger partial charge in [0, 0.05) is 31.8 Å². The number of aliphatic hydroxyl groups excluding tert-OH is 1. The van der Waals surface area contributed by atoms with Gasteiger partial charge in [-0.25, -0.2) is 0 Å². The van der Waals surface area contributed by atoms with Crippen LogP contribution in [0.25, 0.3) is 0 Å². The highest BCUT2D eigenvalue weighted by molar-refractivity contribution is 5.90. The number of fused-ring (bicyclic) bond motifs is 5. The van der Waals surface area contributed by atoms with Gasteiger partial charge >= 0.3 is 0 Å². The lowest BCUT2D eigenvalue weighted by molar-refractivity contribution is -0.159. The summed E-state index contributed by atoms with van der Waals surface area (Å²) in [6.45, 7) is 7.55. The summed E-state index contributed by atoms with van der Waals surface area (Å²) in [5.41, 5.74) is 0.430. The quantitative estimate of drug-likeness (QED) is 0.769. The van der Waals surface area contributed by atoms with E-state index in [1.54, 1.807) is 0 Å². The summed E-state index contributed by atoms with van der Waals surface area (Å²) in [7, 11) is 0. The second-order valence-corrected chi connectivity index (χ2v) is 10.9. The van der Waals surface area contributed by atoms with Crippen molar-refractivity contribution < 1.29 is 14.7 Å². The molecule has 3 heteroatoms. The van der Waals surface area contributed by atoms with Gasteiger partial charge in [-0.15, -0.1) is 0 Å². The van der Waals surface area contributed by atoms with E-state index in [9.17, 15) is 14.7 Å². The van der Waals surface area contributed by atoms with E-state index in [2.05, 4.69) is 20.8 Å². The molecule has 27 heavy (non-hydrogen) atoms. The van der Waals surface area contributed by atoms with Crippen LogP contribution in [0.1, 0.15) is 85.0 Å². The van der Waals surface area contributed by atoms with Crippen LogP contribution in [0.4, 0.5) is 0 Å². The summed E-state index contributed by atoms with van der Waals surface area (Å²) >= 11 is 0. The van der Waals surface area contributed by atoms with Crippen molar-refractivity contribution in [3.63, 3.8) is 0 Å². The Bertz CT molecular complexity index is 613. The molecule has 4 rings (SSSR count). The third kappa shape index (κ3) is 2.94. The lowest BCUT2D eigenvalue weighted by atomic mass is 9.44. The molecule has 0 bridgehead atoms. The second kappa shape index (κ2) is 6.97. The summed E-state index contributed by atoms with van der Waals surface area (Å²) in [5, 5.41) is 9.23. The predicted octanol–water partition coefficient (Wildman–Crippen LogP) is 4.80. The van der Waals surface area contributed by atoms with Crippen molar-refractivity contribution >= 4 is 11.6 Å². The van der Waals surface area contributed by atoms with Crippen molar-refractivity contribution in [2.24, 2.45) is 46.3 Å². The van der Waals surface area contributed by atoms with Crippen molar-refractivity contribution in [1.29, 1.82) is 0 Å². The average Bonchev–Trinajstić information content (AvgIpc) is 2.99. The molecule has 0 unspecified atom stereocenters. The van der Waals surface area contributed by atoms with Crippen LogP contribution in [0.5, 0.6) is 0 Å². The Morgan fingerprint density at radius 2 is 1.78 bits per heavy atom. The maximum Gasteiger partial charge on any atom is 0.137 e. The highest BCUT2D eigenvalue weighted by Gasteiger charge is 2.62. The lowest BCUT2D eigenvalue weighted by Gasteiger charge is -2.59. The third-order valence-corrected chi connectivity index (χ3v) is 9.86. The zero-order chi connectivity index (χ0) is 19.4. The maximum absolute atomic E-state index is 13.1. The largest absolute Gasteiger partial charge is 0.396 e. The highest BCUT2D eigenvalue weighted by Crippen LogP contribution is 2.67. The van der Waals surface area contributed by atoms with Gasteiger partial charge in [0.2, 0.25) is 0 Å². The normalized spacial score (nSPS) is 47.9. The second-order valence-electron chi connectivity index (χ2n) is 10.9. The number of hydrogen-bond donors (Lipinski definition) is 1. The minimum absolute atomic E-state index is 0.00466. The molecule has 0 radical (unpaired) electrons. The summed E-state index contributed by atoms with van der Waals surface area (Å²) in [4.78, 5) is 25.1. The standard InChI is InChI=1S/C24H38O3/c1-15(5-4-12-25)18-6-7-19-17-14-22(27)21-13-16(26)8-10-24(21,3)20(17)9-11-23(18,19)2/h15,17-21,25H,4-14H2,1-3H3/t15-,17+,18-,19+,20+,21-,23-,24-/m1/s1. The smallest absolute Gasteiger partial charge is 0.137 e. The van der Waals surface area contributed by atoms with Crippen LogP contribution in [-0.2, 0) is 9.59 Å². The molecule has 1 N–H and O–H groups in total. The Morgan fingerprint density at radius 1 is 1.04 bits per heavy atom. The first-order valence-electron chi connectivity index (χ1n) is 11.5. The highest BCUT2D eigenvalue weighted by atomic mass is 16.3. The summed E-state index contributed by atoms with van der Waals surface area (Å²) in [6, 6.07) is 0. The molecule has 4 aliphatic carbocycles. The molecule has 8 atom stereocenters. The van der Waals surface area contributed by atoms with Crippen molar-refractivity contribution in [2.45, 2.75) is 85.0 Å². The fourth-order valence-corrected chi connectivity index (χ4v) is 8.43. The molecule has 152 valence electrons. The monoisotopic (exact) mass is 374 g/mol. The number of carbonyl (C=O) groups is 2. The van der Waals surface area contributed by atoms with Gasteiger partial charge < -0.3 is 5.11 Å². The van der Waals surface area contributed by atoms with E-state index in [1.165, 1.54) is 25.7 Å². The minimum atomic E-state index is 0.00466. The topological polar surface area (TPSA) is 54.4 Å². The van der Waals surface area contributed by atoms with Crippen molar-refractivity contribution in [1.82, 2.24) is 0 Å². The number of rotatable bonds is 4. The van der Waals surface area contributed by atoms with Crippen LogP contribution in [-0.4, -0.2) is 23.3 Å². The number of aliphatic hydroxyl groups is 1. The SMILES string of the molecule is C[C@H](CCCO)[C@H]1CC[C@H]2[C@@H]3CC(=O)[C@H]4CC(=O)CC[C@]4(C)[C@H]3CC[C@]12C. The van der Waals surface area contributed by atoms with Crippen LogP contribution >= 0.6 is 0 Å². The molecular weight excluding hydrogens is 336 g/mol. The van der Waals surface area contributed by atoms with E-state index in [0.717, 1.165) is 31.6 Å². The number of hydrogen-bond acceptors (Lipinski definition) is 3. The molecule has 4 saturated carbocycles. The van der Waals surface area contributed by atoms with Gasteiger partial charge in [0.1, 0.15) is 11.6 Å². The van der Waals surface area contributed by atoms with E-state index in [4.69, 9.17) is 0 Å². The average molecular weight is 375 g/mol. The van der Waals surface area contributed by atoms with Crippen molar-refractivity contribution in [3.05, 3.63) is 0 Å². The molecular formula is C24H38O3. The zero-order valence-corrected chi connectivity index (χ0v) is 17.5. The Kier molecular flexibility index (Phi) is 5.06. The molecule has 3 nitrogen and oxygen atoms in total. The molecule has 0 aromatic heterocycles. The first-order valence-corrected chi connectivity index (χ1v) is 11.5. The van der Waals surface area contributed by atoms with E-state index < -0.39 is 0 Å². The molecule has 0 spiro atoms. The first-order chi connectivity index (χ1) is 12.8. The van der Waals surface area contributed by atoms with Gasteiger partial charge in [0.25, 0.3) is 0 Å². The van der Waals surface area contributed by atoms with Gasteiger partial charge in [-0.1, -0.05) is 20.8 Å². The van der Waals surface area contributed by atoms with Crippen molar-refractivity contribution in [2.75, 3.05) is 6.61 Å².